The highest BCUT2D eigenvalue weighted by atomic mass is 32.2. The van der Waals surface area contributed by atoms with Crippen molar-refractivity contribution in [3.63, 3.8) is 0 Å². The molecule has 5 nitrogen and oxygen atoms in total. The molecule has 2 heterocycles. The lowest BCUT2D eigenvalue weighted by Crippen LogP contribution is -2.43. The topological polar surface area (TPSA) is 61.0 Å². The number of urea groups is 1. The van der Waals surface area contributed by atoms with Crippen molar-refractivity contribution >= 4 is 17.8 Å². The molecular formula is C15H26N4OS. The number of aryl methyl sites for hydroxylation is 2. The van der Waals surface area contributed by atoms with Crippen molar-refractivity contribution in [2.45, 2.75) is 52.1 Å². The molecule has 1 aromatic rings. The van der Waals surface area contributed by atoms with E-state index in [2.05, 4.69) is 28.7 Å². The molecule has 1 aliphatic heterocycles. The van der Waals surface area contributed by atoms with Gasteiger partial charge < -0.3 is 10.2 Å². The van der Waals surface area contributed by atoms with Crippen LogP contribution in [0.5, 0.6) is 0 Å². The number of aromatic amines is 1. The first kappa shape index (κ1) is 16.2. The predicted octanol–water partition coefficient (Wildman–Crippen LogP) is 3.01. The number of nitrogens with zero attached hydrogens (tertiary/aromatic N) is 2. The molecule has 0 spiro atoms. The number of aromatic nitrogens is 2. The van der Waals surface area contributed by atoms with Gasteiger partial charge in [-0.15, -0.1) is 0 Å². The van der Waals surface area contributed by atoms with E-state index in [1.807, 2.05) is 30.5 Å². The van der Waals surface area contributed by atoms with E-state index in [9.17, 15) is 4.79 Å². The van der Waals surface area contributed by atoms with Gasteiger partial charge >= 0.3 is 6.03 Å². The Labute approximate surface area is 131 Å². The second-order valence-electron chi connectivity index (χ2n) is 5.83. The minimum Gasteiger partial charge on any atom is -0.335 e. The minimum atomic E-state index is 0.0612. The van der Waals surface area contributed by atoms with Crippen molar-refractivity contribution in [3.8, 4) is 0 Å². The van der Waals surface area contributed by atoms with Gasteiger partial charge in [-0.3, -0.25) is 5.10 Å². The molecular weight excluding hydrogens is 284 g/mol. The molecule has 1 aromatic heterocycles. The first-order valence-electron chi connectivity index (χ1n) is 7.62. The number of hydrogen-bond donors (Lipinski definition) is 2. The number of likely N-dealkylation sites (tertiary alicyclic amines) is 1. The maximum Gasteiger partial charge on any atom is 0.318 e. The molecule has 0 aromatic carbocycles. The van der Waals surface area contributed by atoms with Crippen LogP contribution in [-0.4, -0.2) is 45.7 Å². The van der Waals surface area contributed by atoms with E-state index < -0.39 is 0 Å². The van der Waals surface area contributed by atoms with Crippen LogP contribution < -0.4 is 5.32 Å². The highest BCUT2D eigenvalue weighted by Gasteiger charge is 2.33. The summed E-state index contributed by atoms with van der Waals surface area (Å²) in [5.41, 5.74) is 3.28. The van der Waals surface area contributed by atoms with Crippen LogP contribution in [-0.2, 0) is 0 Å². The van der Waals surface area contributed by atoms with Gasteiger partial charge in [0.05, 0.1) is 11.7 Å². The van der Waals surface area contributed by atoms with Crippen LogP contribution in [0.2, 0.25) is 0 Å². The molecule has 0 unspecified atom stereocenters. The van der Waals surface area contributed by atoms with Gasteiger partial charge in [-0.05, 0) is 52.0 Å². The average molecular weight is 310 g/mol. The van der Waals surface area contributed by atoms with Gasteiger partial charge in [0.1, 0.15) is 0 Å². The molecule has 6 heteroatoms. The van der Waals surface area contributed by atoms with E-state index in [-0.39, 0.29) is 18.1 Å². The largest absolute Gasteiger partial charge is 0.335 e. The van der Waals surface area contributed by atoms with Crippen molar-refractivity contribution in [3.05, 3.63) is 17.0 Å². The van der Waals surface area contributed by atoms with Gasteiger partial charge in [0.25, 0.3) is 0 Å². The zero-order valence-electron chi connectivity index (χ0n) is 13.4. The van der Waals surface area contributed by atoms with Crippen LogP contribution in [0, 0.1) is 13.8 Å². The first-order valence-corrected chi connectivity index (χ1v) is 9.01. The number of thioether (sulfide) groups is 1. The third-order valence-electron chi connectivity index (χ3n) is 4.16. The van der Waals surface area contributed by atoms with Crippen LogP contribution in [0.4, 0.5) is 4.79 Å². The quantitative estimate of drug-likeness (QED) is 0.879. The van der Waals surface area contributed by atoms with Crippen LogP contribution >= 0.6 is 11.8 Å². The van der Waals surface area contributed by atoms with E-state index in [0.29, 0.717) is 0 Å². The molecule has 1 fully saturated rings. The summed E-state index contributed by atoms with van der Waals surface area (Å²) in [6.45, 7) is 6.95. The Morgan fingerprint density at radius 1 is 1.57 bits per heavy atom. The number of carbonyl (C=O) groups is 1. The summed E-state index contributed by atoms with van der Waals surface area (Å²) in [6.07, 6.45) is 5.18. The first-order chi connectivity index (χ1) is 10.0. The van der Waals surface area contributed by atoms with Crippen molar-refractivity contribution in [1.82, 2.24) is 20.4 Å². The molecule has 118 valence electrons. The van der Waals surface area contributed by atoms with E-state index in [0.717, 1.165) is 42.9 Å². The Hall–Kier alpha value is -1.17. The second-order valence-corrected chi connectivity index (χ2v) is 6.82. The molecule has 1 saturated heterocycles. The zero-order chi connectivity index (χ0) is 15.4. The normalized spacial score (nSPS) is 19.8. The van der Waals surface area contributed by atoms with Gasteiger partial charge in [-0.2, -0.15) is 16.9 Å². The summed E-state index contributed by atoms with van der Waals surface area (Å²) < 4.78 is 0. The van der Waals surface area contributed by atoms with Crippen molar-refractivity contribution in [1.29, 1.82) is 0 Å². The summed E-state index contributed by atoms with van der Waals surface area (Å²) in [5.74, 6) is 1.07. The third kappa shape index (κ3) is 3.73. The molecule has 0 saturated carbocycles. The fraction of sp³-hybridized carbons (Fsp3) is 0.733. The predicted molar refractivity (Wildman–Crippen MR) is 87.7 cm³/mol. The van der Waals surface area contributed by atoms with Gasteiger partial charge in [-0.25, -0.2) is 4.79 Å². The lowest BCUT2D eigenvalue weighted by molar-refractivity contribution is 0.189. The molecule has 0 radical (unpaired) electrons. The van der Waals surface area contributed by atoms with Gasteiger partial charge in [-0.1, -0.05) is 0 Å². The Bertz CT molecular complexity index is 469. The van der Waals surface area contributed by atoms with Gasteiger partial charge in [0.15, 0.2) is 0 Å². The van der Waals surface area contributed by atoms with E-state index in [1.54, 1.807) is 0 Å². The Kier molecular flexibility index (Phi) is 5.56. The minimum absolute atomic E-state index is 0.0612. The summed E-state index contributed by atoms with van der Waals surface area (Å²) in [5, 5.41) is 10.4. The van der Waals surface area contributed by atoms with Crippen LogP contribution in [0.1, 0.15) is 49.2 Å². The lowest BCUT2D eigenvalue weighted by Gasteiger charge is -2.27. The molecule has 2 atom stereocenters. The number of rotatable bonds is 5. The van der Waals surface area contributed by atoms with Gasteiger partial charge in [0, 0.05) is 23.8 Å². The number of carbonyl (C=O) groups excluding carboxylic acids is 1. The summed E-state index contributed by atoms with van der Waals surface area (Å²) in [7, 11) is 0. The average Bonchev–Trinajstić information content (AvgIpc) is 3.03. The summed E-state index contributed by atoms with van der Waals surface area (Å²) >= 11 is 1.81. The van der Waals surface area contributed by atoms with Crippen molar-refractivity contribution < 1.29 is 4.79 Å². The number of nitrogens with one attached hydrogen (secondary N) is 2. The lowest BCUT2D eigenvalue weighted by atomic mass is 10.0. The van der Waals surface area contributed by atoms with Crippen LogP contribution in [0.25, 0.3) is 0 Å². The Balaban J connectivity index is 2.03. The highest BCUT2D eigenvalue weighted by molar-refractivity contribution is 7.98. The van der Waals surface area contributed by atoms with E-state index in [4.69, 9.17) is 0 Å². The molecule has 1 aliphatic rings. The third-order valence-corrected chi connectivity index (χ3v) is 4.80. The smallest absolute Gasteiger partial charge is 0.318 e. The zero-order valence-corrected chi connectivity index (χ0v) is 14.2. The second kappa shape index (κ2) is 7.20. The summed E-state index contributed by atoms with van der Waals surface area (Å²) in [4.78, 5) is 14.5. The Morgan fingerprint density at radius 2 is 2.33 bits per heavy atom. The molecule has 0 bridgehead atoms. The SMILES string of the molecule is CSCC[C@@H](C)NC(=O)N1CCC[C@H]1c1c(C)n[nH]c1C. The van der Waals surface area contributed by atoms with E-state index in [1.165, 1.54) is 5.56 Å². The van der Waals surface area contributed by atoms with Crippen LogP contribution in [0.3, 0.4) is 0 Å². The molecule has 2 rings (SSSR count). The highest BCUT2D eigenvalue weighted by Crippen LogP contribution is 2.34. The summed E-state index contributed by atoms with van der Waals surface area (Å²) in [6, 6.07) is 0.445. The maximum absolute atomic E-state index is 12.5. The number of H-pyrrole nitrogens is 1. The molecule has 21 heavy (non-hydrogen) atoms. The standard InChI is InChI=1S/C15H26N4OS/c1-10(7-9-21-4)16-15(20)19-8-5-6-13(19)14-11(2)17-18-12(14)3/h10,13H,5-9H2,1-4H3,(H,16,20)(H,17,18)/t10-,13+/m1/s1. The molecule has 0 aliphatic carbocycles. The fourth-order valence-corrected chi connectivity index (χ4v) is 3.61. The Morgan fingerprint density at radius 3 is 2.95 bits per heavy atom. The monoisotopic (exact) mass is 310 g/mol. The number of amides is 2. The van der Waals surface area contributed by atoms with Crippen molar-refractivity contribution in [2.75, 3.05) is 18.6 Å². The number of hydrogen-bond acceptors (Lipinski definition) is 3. The van der Waals surface area contributed by atoms with Crippen molar-refractivity contribution in [2.24, 2.45) is 0 Å². The molecule has 2 N–H and O–H groups in total. The van der Waals surface area contributed by atoms with Gasteiger partial charge in [0.2, 0.25) is 0 Å². The van der Waals surface area contributed by atoms with E-state index >= 15 is 0 Å². The molecule has 2 amide bonds. The maximum atomic E-state index is 12.5. The van der Waals surface area contributed by atoms with Crippen LogP contribution in [0.15, 0.2) is 0 Å². The fourth-order valence-electron chi connectivity index (χ4n) is 3.02.